The summed E-state index contributed by atoms with van der Waals surface area (Å²) in [5.41, 5.74) is 6.61. The van der Waals surface area contributed by atoms with Crippen molar-refractivity contribution in [3.8, 4) is 33.4 Å². The summed E-state index contributed by atoms with van der Waals surface area (Å²) >= 11 is 0. The van der Waals surface area contributed by atoms with Crippen molar-refractivity contribution in [2.75, 3.05) is 0 Å². The first-order valence-electron chi connectivity index (χ1n) is 17.6. The molecule has 9 aromatic carbocycles. The summed E-state index contributed by atoms with van der Waals surface area (Å²) in [4.78, 5) is 0. The molecule has 1 heteroatoms. The Morgan fingerprint density at radius 1 is 0.378 bits per heavy atom. The molecule has 1 nitrogen and oxygen atoms in total. The molecule has 0 aliphatic heterocycles. The lowest BCUT2D eigenvalue weighted by Crippen LogP contribution is -1.90. The van der Waals surface area contributed by atoms with Crippen LogP contribution in [0.15, 0.2) is 162 Å². The molecule has 0 saturated carbocycles. The van der Waals surface area contributed by atoms with Gasteiger partial charge in [0, 0.05) is 10.8 Å². The fourth-order valence-corrected chi connectivity index (χ4v) is 7.33. The van der Waals surface area contributed by atoms with Crippen LogP contribution in [-0.4, -0.2) is 0 Å². The lowest BCUT2D eigenvalue weighted by atomic mass is 9.86. The normalized spacial score (nSPS) is 13.6. The van der Waals surface area contributed by atoms with Gasteiger partial charge in [-0.1, -0.05) is 139 Å². The predicted molar refractivity (Wildman–Crippen MR) is 191 cm³/mol. The molecule has 0 amide bonds. The Hall–Kier alpha value is -5.92. The van der Waals surface area contributed by atoms with Gasteiger partial charge in [-0.3, -0.25) is 0 Å². The molecule has 0 spiro atoms. The molecule has 0 N–H and O–H groups in total. The second-order valence-corrected chi connectivity index (χ2v) is 11.7. The van der Waals surface area contributed by atoms with E-state index in [1.807, 2.05) is 24.3 Å². The maximum Gasteiger partial charge on any atom is 0.136 e. The van der Waals surface area contributed by atoms with E-state index in [0.29, 0.717) is 11.1 Å². The Balaban J connectivity index is 1.24. The number of furan rings is 1. The molecule has 0 unspecified atom stereocenters. The summed E-state index contributed by atoms with van der Waals surface area (Å²) in [5.74, 6) is 0. The molecule has 0 atom stereocenters. The summed E-state index contributed by atoms with van der Waals surface area (Å²) in [6, 6.07) is 42.8. The van der Waals surface area contributed by atoms with Crippen molar-refractivity contribution in [2.24, 2.45) is 0 Å². The smallest absolute Gasteiger partial charge is 0.136 e. The average Bonchev–Trinajstić information content (AvgIpc) is 3.53. The summed E-state index contributed by atoms with van der Waals surface area (Å²) in [5, 5.41) is 11.3. The van der Waals surface area contributed by atoms with Crippen molar-refractivity contribution in [1.29, 1.82) is 0 Å². The Morgan fingerprint density at radius 2 is 1.02 bits per heavy atom. The lowest BCUT2D eigenvalue weighted by Gasteiger charge is -2.17. The van der Waals surface area contributed by atoms with Crippen LogP contribution in [0, 0.1) is 0 Å². The highest BCUT2D eigenvalue weighted by atomic mass is 16.3. The van der Waals surface area contributed by atoms with E-state index in [4.69, 9.17) is 11.3 Å². The van der Waals surface area contributed by atoms with Crippen LogP contribution in [0.3, 0.4) is 0 Å². The van der Waals surface area contributed by atoms with Crippen molar-refractivity contribution in [2.45, 2.75) is 0 Å². The Kier molecular flexibility index (Phi) is 4.15. The molecule has 0 radical (unpaired) electrons. The third-order valence-electron chi connectivity index (χ3n) is 9.32. The van der Waals surface area contributed by atoms with Crippen LogP contribution in [-0.2, 0) is 0 Å². The quantitative estimate of drug-likeness (QED) is 0.191. The highest BCUT2D eigenvalue weighted by Crippen LogP contribution is 2.45. The van der Waals surface area contributed by atoms with Crippen molar-refractivity contribution in [3.63, 3.8) is 0 Å². The monoisotopic (exact) mass is 575 g/mol. The van der Waals surface area contributed by atoms with Gasteiger partial charge in [0.15, 0.2) is 0 Å². The molecule has 208 valence electrons. The zero-order chi connectivity index (χ0) is 33.8. The molecule has 0 bridgehead atoms. The summed E-state index contributed by atoms with van der Waals surface area (Å²) in [6.07, 6.45) is 0. The van der Waals surface area contributed by atoms with Gasteiger partial charge >= 0.3 is 0 Å². The van der Waals surface area contributed by atoms with Crippen LogP contribution in [0.2, 0.25) is 0 Å². The Bertz CT molecular complexity index is 3010. The fourth-order valence-electron chi connectivity index (χ4n) is 7.33. The van der Waals surface area contributed by atoms with Gasteiger partial charge in [0.25, 0.3) is 0 Å². The third-order valence-corrected chi connectivity index (χ3v) is 9.32. The largest absolute Gasteiger partial charge is 0.456 e. The van der Waals surface area contributed by atoms with Crippen LogP contribution in [0.25, 0.3) is 98.4 Å². The van der Waals surface area contributed by atoms with E-state index >= 15 is 0 Å². The molecule has 10 aromatic rings. The Labute approximate surface area is 266 Å². The number of hydrogen-bond acceptors (Lipinski definition) is 1. The second-order valence-electron chi connectivity index (χ2n) is 11.7. The van der Waals surface area contributed by atoms with Crippen LogP contribution in [0.1, 0.15) is 6.85 Å². The molecular weight excluding hydrogens is 544 g/mol. The molecular formula is C44H26O. The first kappa shape index (κ1) is 20.1. The maximum atomic E-state index is 8.59. The maximum absolute atomic E-state index is 8.59. The van der Waals surface area contributed by atoms with Crippen LogP contribution in [0.4, 0.5) is 0 Å². The molecule has 0 aliphatic rings. The first-order chi connectivity index (χ1) is 24.4. The highest BCUT2D eigenvalue weighted by Gasteiger charge is 2.19. The van der Waals surface area contributed by atoms with E-state index in [0.717, 1.165) is 32.9 Å². The van der Waals surface area contributed by atoms with Gasteiger partial charge in [-0.15, -0.1) is 0 Å². The topological polar surface area (TPSA) is 13.1 Å². The highest BCUT2D eigenvalue weighted by molar-refractivity contribution is 6.29. The number of hydrogen-bond donors (Lipinski definition) is 0. The van der Waals surface area contributed by atoms with E-state index in [9.17, 15) is 0 Å². The molecule has 0 fully saturated rings. The predicted octanol–water partition coefficient (Wildman–Crippen LogP) is 12.6. The van der Waals surface area contributed by atoms with Gasteiger partial charge in [-0.05, 0) is 94.7 Å². The minimum atomic E-state index is -0.404. The van der Waals surface area contributed by atoms with Gasteiger partial charge < -0.3 is 4.42 Å². The third kappa shape index (κ3) is 3.56. The summed E-state index contributed by atoms with van der Waals surface area (Å²) < 4.78 is 48.1. The van der Waals surface area contributed by atoms with E-state index < -0.39 is 6.04 Å². The van der Waals surface area contributed by atoms with Crippen LogP contribution < -0.4 is 0 Å². The van der Waals surface area contributed by atoms with Gasteiger partial charge in [-0.25, -0.2) is 0 Å². The molecule has 45 heavy (non-hydrogen) atoms. The number of fused-ring (bicyclic) bond motifs is 4. The fraction of sp³-hybridized carbons (Fsp3) is 0. The number of benzene rings is 9. The first-order valence-corrected chi connectivity index (χ1v) is 15.1. The Morgan fingerprint density at radius 3 is 1.82 bits per heavy atom. The zero-order valence-electron chi connectivity index (χ0n) is 29.0. The molecule has 0 saturated heterocycles. The summed E-state index contributed by atoms with van der Waals surface area (Å²) in [7, 11) is 0. The van der Waals surface area contributed by atoms with Gasteiger partial charge in [-0.2, -0.15) is 0 Å². The van der Waals surface area contributed by atoms with Crippen molar-refractivity contribution >= 4 is 65.0 Å². The minimum Gasteiger partial charge on any atom is -0.456 e. The average molecular weight is 576 g/mol. The van der Waals surface area contributed by atoms with Gasteiger partial charge in [0.05, 0.1) is 6.85 Å². The van der Waals surface area contributed by atoms with E-state index in [1.165, 1.54) is 48.8 Å². The SMILES string of the molecule is [2H]c1c([2H])c([2H])c(-c2ccc3oc4cccc(-c5ccc6ccc7c(-c8cccc9ccccc89)ccc8ccc5c6c87)c4c3c2)c([2H])c1[2H]. The minimum absolute atomic E-state index is 0.175. The van der Waals surface area contributed by atoms with Gasteiger partial charge in [0.2, 0.25) is 0 Å². The molecule has 0 aliphatic carbocycles. The standard InChI is InChI=1S/C44H26O/c1-2-8-27(9-3-1)31-20-25-40-39(26-31)44-36(14-7-15-41(44)45-40)35-22-17-30-18-23-37-34(21-16-29-19-24-38(35)43(30)42(29)37)33-13-6-11-28-10-4-5-12-32(28)33/h1-26H/i1D,2D,3D,8D,9D. The lowest BCUT2D eigenvalue weighted by molar-refractivity contribution is 0.669. The summed E-state index contributed by atoms with van der Waals surface area (Å²) in [6.45, 7) is 0. The van der Waals surface area contributed by atoms with Crippen LogP contribution >= 0.6 is 0 Å². The van der Waals surface area contributed by atoms with Crippen LogP contribution in [0.5, 0.6) is 0 Å². The van der Waals surface area contributed by atoms with E-state index in [-0.39, 0.29) is 29.7 Å². The van der Waals surface area contributed by atoms with Crippen molar-refractivity contribution in [1.82, 2.24) is 0 Å². The van der Waals surface area contributed by atoms with E-state index in [2.05, 4.69) is 97.1 Å². The molecule has 1 aromatic heterocycles. The second kappa shape index (κ2) is 9.29. The molecule has 10 rings (SSSR count). The van der Waals surface area contributed by atoms with Crippen molar-refractivity contribution in [3.05, 3.63) is 158 Å². The molecule has 1 heterocycles. The van der Waals surface area contributed by atoms with Gasteiger partial charge in [0.1, 0.15) is 11.2 Å². The van der Waals surface area contributed by atoms with Crippen molar-refractivity contribution < 1.29 is 11.3 Å². The number of rotatable bonds is 3. The van der Waals surface area contributed by atoms with E-state index in [1.54, 1.807) is 6.07 Å². The zero-order valence-corrected chi connectivity index (χ0v) is 24.0.